The molecule has 3 heteroatoms. The second-order valence-electron chi connectivity index (χ2n) is 0.965. The van der Waals surface area contributed by atoms with Crippen LogP contribution in [0, 0.1) is 0 Å². The number of nitrogens with one attached hydrogen (secondary N) is 1. The van der Waals surface area contributed by atoms with Crippen LogP contribution in [0.5, 0.6) is 0 Å². The molecule has 1 N–H and O–H groups in total. The van der Waals surface area contributed by atoms with Crippen molar-refractivity contribution in [3.05, 3.63) is 0 Å². The summed E-state index contributed by atoms with van der Waals surface area (Å²) in [5.41, 5.74) is 0. The van der Waals surface area contributed by atoms with Crippen molar-refractivity contribution in [2.75, 3.05) is 7.05 Å². The van der Waals surface area contributed by atoms with Crippen LogP contribution in [-0.2, 0) is 0 Å². The topological polar surface area (TPSA) is 12.0 Å². The van der Waals surface area contributed by atoms with Crippen molar-refractivity contribution in [1.29, 1.82) is 0 Å². The van der Waals surface area contributed by atoms with Crippen molar-refractivity contribution < 1.29 is 0 Å². The summed E-state index contributed by atoms with van der Waals surface area (Å²) in [4.78, 5) is 0. The van der Waals surface area contributed by atoms with Gasteiger partial charge in [0.1, 0.15) is 0 Å². The molecule has 0 amide bonds. The van der Waals surface area contributed by atoms with Gasteiger partial charge < -0.3 is 5.32 Å². The largest absolute Gasteiger partial charge is 0.309 e. The zero-order valence-electron chi connectivity index (χ0n) is 3.93. The minimum absolute atomic E-state index is 0. The van der Waals surface area contributed by atoms with Gasteiger partial charge in [-0.25, -0.2) is 0 Å². The Kier molecular flexibility index (Phi) is 9.13. The maximum Gasteiger partial charge on any atom is 0.0471 e. The molecular formula is C3H10ClNS. The predicted octanol–water partition coefficient (Wildman–Crippen LogP) is 0.903. The van der Waals surface area contributed by atoms with Gasteiger partial charge >= 0.3 is 0 Å². The molecule has 0 heterocycles. The van der Waals surface area contributed by atoms with Crippen molar-refractivity contribution in [2.24, 2.45) is 0 Å². The first kappa shape index (κ1) is 9.78. The molecule has 0 aliphatic rings. The summed E-state index contributed by atoms with van der Waals surface area (Å²) in [6.07, 6.45) is 0. The molecule has 1 unspecified atom stereocenters. The number of rotatable bonds is 1. The molecule has 1 atom stereocenters. The highest BCUT2D eigenvalue weighted by Crippen LogP contribution is 1.79. The minimum atomic E-state index is 0. The Morgan fingerprint density at radius 2 is 1.83 bits per heavy atom. The molecule has 0 rings (SSSR count). The van der Waals surface area contributed by atoms with Crippen LogP contribution in [0.4, 0.5) is 0 Å². The highest BCUT2D eigenvalue weighted by atomic mass is 35.5. The van der Waals surface area contributed by atoms with Crippen LogP contribution < -0.4 is 5.32 Å². The first-order valence-electron chi connectivity index (χ1n) is 1.62. The van der Waals surface area contributed by atoms with E-state index < -0.39 is 0 Å². The molecule has 6 heavy (non-hydrogen) atoms. The summed E-state index contributed by atoms with van der Waals surface area (Å²) in [6, 6.07) is 0. The quantitative estimate of drug-likeness (QED) is 0.394. The van der Waals surface area contributed by atoms with E-state index >= 15 is 0 Å². The predicted molar refractivity (Wildman–Crippen MR) is 34.8 cm³/mol. The molecule has 0 radical (unpaired) electrons. The zero-order chi connectivity index (χ0) is 4.28. The molecule has 0 aromatic heterocycles. The van der Waals surface area contributed by atoms with Gasteiger partial charge in [-0.1, -0.05) is 0 Å². The van der Waals surface area contributed by atoms with E-state index in [0.29, 0.717) is 5.37 Å². The molecule has 0 fully saturated rings. The Morgan fingerprint density at radius 3 is 1.83 bits per heavy atom. The Bertz CT molecular complexity index is 24.8. The first-order valence-corrected chi connectivity index (χ1v) is 2.14. The van der Waals surface area contributed by atoms with Crippen LogP contribution in [0.2, 0.25) is 0 Å². The summed E-state index contributed by atoms with van der Waals surface area (Å²) in [5, 5.41) is 3.22. The number of halogens is 1. The fraction of sp³-hybridized carbons (Fsp3) is 1.00. The lowest BCUT2D eigenvalue weighted by Gasteiger charge is -1.94. The van der Waals surface area contributed by atoms with Crippen LogP contribution in [0.1, 0.15) is 6.92 Å². The monoisotopic (exact) mass is 127 g/mol. The van der Waals surface area contributed by atoms with Gasteiger partial charge in [-0.15, -0.1) is 12.4 Å². The third-order valence-electron chi connectivity index (χ3n) is 0.418. The van der Waals surface area contributed by atoms with Crippen molar-refractivity contribution in [2.45, 2.75) is 12.3 Å². The van der Waals surface area contributed by atoms with Gasteiger partial charge in [-0.05, 0) is 14.0 Å². The zero-order valence-corrected chi connectivity index (χ0v) is 5.64. The Morgan fingerprint density at radius 1 is 1.67 bits per heavy atom. The van der Waals surface area contributed by atoms with E-state index in [2.05, 4.69) is 17.9 Å². The molecule has 40 valence electrons. The average Bonchev–Trinajstić information content (AvgIpc) is 1.38. The van der Waals surface area contributed by atoms with Crippen LogP contribution in [0.25, 0.3) is 0 Å². The van der Waals surface area contributed by atoms with E-state index in [-0.39, 0.29) is 12.4 Å². The third kappa shape index (κ3) is 8.82. The van der Waals surface area contributed by atoms with Gasteiger partial charge in [-0.2, -0.15) is 12.6 Å². The van der Waals surface area contributed by atoms with E-state index in [1.54, 1.807) is 0 Å². The van der Waals surface area contributed by atoms with Crippen molar-refractivity contribution in [1.82, 2.24) is 5.32 Å². The molecular weight excluding hydrogens is 118 g/mol. The van der Waals surface area contributed by atoms with Crippen LogP contribution in [0.3, 0.4) is 0 Å². The fourth-order valence-electron chi connectivity index (χ4n) is 0. The second-order valence-corrected chi connectivity index (χ2v) is 1.74. The summed E-state index contributed by atoms with van der Waals surface area (Å²) in [6.45, 7) is 1.98. The van der Waals surface area contributed by atoms with Crippen molar-refractivity contribution in [3.8, 4) is 0 Å². The standard InChI is InChI=1S/C3H9NS.ClH/c1-3(5)4-2;/h3-5H,1-2H3;1H. The Hall–Kier alpha value is 0.600. The fourth-order valence-corrected chi connectivity index (χ4v) is 0. The first-order chi connectivity index (χ1) is 2.27. The molecule has 0 aliphatic carbocycles. The van der Waals surface area contributed by atoms with Crippen molar-refractivity contribution >= 4 is 25.0 Å². The molecule has 0 saturated carbocycles. The highest BCUT2D eigenvalue weighted by molar-refractivity contribution is 7.80. The minimum Gasteiger partial charge on any atom is -0.309 e. The van der Waals surface area contributed by atoms with E-state index in [1.165, 1.54) is 0 Å². The summed E-state index contributed by atoms with van der Waals surface area (Å²) in [7, 11) is 1.87. The second kappa shape index (κ2) is 5.60. The lowest BCUT2D eigenvalue weighted by atomic mass is 10.8. The van der Waals surface area contributed by atoms with Crippen LogP contribution in [-0.4, -0.2) is 12.4 Å². The van der Waals surface area contributed by atoms with Gasteiger partial charge in [0, 0.05) is 5.37 Å². The lowest BCUT2D eigenvalue weighted by molar-refractivity contribution is 0.812. The number of hydrogen-bond acceptors (Lipinski definition) is 2. The lowest BCUT2D eigenvalue weighted by Crippen LogP contribution is -2.12. The van der Waals surface area contributed by atoms with E-state index in [4.69, 9.17) is 0 Å². The molecule has 0 bridgehead atoms. The third-order valence-corrected chi connectivity index (χ3v) is 0.676. The van der Waals surface area contributed by atoms with Gasteiger partial charge in [0.15, 0.2) is 0 Å². The molecule has 0 spiro atoms. The SMILES string of the molecule is CNC(C)S.Cl. The van der Waals surface area contributed by atoms with E-state index in [1.807, 2.05) is 14.0 Å². The average molecular weight is 128 g/mol. The summed E-state index contributed by atoms with van der Waals surface area (Å²) >= 11 is 3.99. The smallest absolute Gasteiger partial charge is 0.0471 e. The van der Waals surface area contributed by atoms with Gasteiger partial charge in [0.2, 0.25) is 0 Å². The summed E-state index contributed by atoms with van der Waals surface area (Å²) < 4.78 is 0. The van der Waals surface area contributed by atoms with E-state index in [9.17, 15) is 0 Å². The van der Waals surface area contributed by atoms with Crippen molar-refractivity contribution in [3.63, 3.8) is 0 Å². The maximum absolute atomic E-state index is 3.99. The molecule has 0 aliphatic heterocycles. The highest BCUT2D eigenvalue weighted by Gasteiger charge is 1.77. The molecule has 0 aromatic carbocycles. The maximum atomic E-state index is 3.99. The molecule has 0 aromatic rings. The van der Waals surface area contributed by atoms with Gasteiger partial charge in [0.05, 0.1) is 0 Å². The Labute approximate surface area is 50.3 Å². The molecule has 1 nitrogen and oxygen atoms in total. The van der Waals surface area contributed by atoms with Crippen LogP contribution in [0.15, 0.2) is 0 Å². The number of hydrogen-bond donors (Lipinski definition) is 2. The van der Waals surface area contributed by atoms with Crippen LogP contribution >= 0.6 is 25.0 Å². The van der Waals surface area contributed by atoms with Gasteiger partial charge in [-0.3, -0.25) is 0 Å². The number of thiol groups is 1. The Balaban J connectivity index is 0. The summed E-state index contributed by atoms with van der Waals surface area (Å²) in [5.74, 6) is 0. The molecule has 0 saturated heterocycles. The van der Waals surface area contributed by atoms with E-state index in [0.717, 1.165) is 0 Å². The van der Waals surface area contributed by atoms with Gasteiger partial charge in [0.25, 0.3) is 0 Å². The normalized spacial score (nSPS) is 12.5.